The van der Waals surface area contributed by atoms with Crippen molar-refractivity contribution in [1.82, 2.24) is 14.8 Å². The normalized spacial score (nSPS) is 17.0. The number of aryl methyl sites for hydroxylation is 1. The number of rotatable bonds is 5. The molecule has 0 spiro atoms. The van der Waals surface area contributed by atoms with Gasteiger partial charge in [0.2, 0.25) is 0 Å². The zero-order valence-corrected chi connectivity index (χ0v) is 21.2. The molecule has 1 unspecified atom stereocenters. The minimum atomic E-state index is -4.49. The summed E-state index contributed by atoms with van der Waals surface area (Å²) in [6, 6.07) is 12.4. The summed E-state index contributed by atoms with van der Waals surface area (Å²) < 4.78 is 70.0. The van der Waals surface area contributed by atoms with Crippen LogP contribution in [0.3, 0.4) is 0 Å². The van der Waals surface area contributed by atoms with Crippen LogP contribution in [-0.4, -0.2) is 47.7 Å². The Morgan fingerprint density at radius 3 is 2.37 bits per heavy atom. The van der Waals surface area contributed by atoms with Gasteiger partial charge in [-0.25, -0.2) is 18.1 Å². The predicted molar refractivity (Wildman–Crippen MR) is 136 cm³/mol. The van der Waals surface area contributed by atoms with Gasteiger partial charge in [-0.15, -0.1) is 0 Å². The number of amides is 1. The summed E-state index contributed by atoms with van der Waals surface area (Å²) in [6.45, 7) is 1.70. The molecule has 38 heavy (non-hydrogen) atoms. The smallest absolute Gasteiger partial charge is 0.416 e. The number of carbonyl (C=O) groups excluding carboxylic acids is 1. The molecule has 0 saturated carbocycles. The average molecular weight is 545 g/mol. The van der Waals surface area contributed by atoms with Gasteiger partial charge < -0.3 is 10.1 Å². The van der Waals surface area contributed by atoms with E-state index in [0.29, 0.717) is 40.2 Å². The van der Waals surface area contributed by atoms with E-state index in [9.17, 15) is 26.4 Å². The van der Waals surface area contributed by atoms with Gasteiger partial charge in [-0.05, 0) is 67.9 Å². The minimum absolute atomic E-state index is 0.0392. The molecule has 8 nitrogen and oxygen atoms in total. The lowest BCUT2D eigenvalue weighted by Crippen LogP contribution is -2.15. The number of hydrogen-bond donors (Lipinski definition) is 1. The van der Waals surface area contributed by atoms with Crippen molar-refractivity contribution in [3.8, 4) is 17.0 Å². The Bertz CT molecular complexity index is 1630. The standard InChI is InChI=1S/C26H23F3N4O4S/c1-15-23-21(25(34)30-18-7-5-17(6-8-18)26(27,28)29)13-22(16-3-9-20(37-2)10-4-16)31-24(23)33(32-15)19-11-12-38(35,36)14-19/h3-10,13,19H,11-12,14H2,1-2H3,(H,30,34). The summed E-state index contributed by atoms with van der Waals surface area (Å²) in [7, 11) is -1.67. The lowest BCUT2D eigenvalue weighted by atomic mass is 10.0. The summed E-state index contributed by atoms with van der Waals surface area (Å²) in [4.78, 5) is 18.2. The molecule has 12 heteroatoms. The molecule has 1 aliphatic rings. The van der Waals surface area contributed by atoms with Crippen LogP contribution in [0, 0.1) is 6.92 Å². The van der Waals surface area contributed by atoms with Gasteiger partial charge in [0, 0.05) is 11.3 Å². The highest BCUT2D eigenvalue weighted by Gasteiger charge is 2.33. The Labute approximate surface area is 216 Å². The maximum atomic E-state index is 13.5. The van der Waals surface area contributed by atoms with Gasteiger partial charge in [-0.3, -0.25) is 4.79 Å². The van der Waals surface area contributed by atoms with Crippen molar-refractivity contribution in [2.24, 2.45) is 0 Å². The van der Waals surface area contributed by atoms with Gasteiger partial charge in [0.25, 0.3) is 5.91 Å². The number of fused-ring (bicyclic) bond motifs is 1. The molecule has 1 aliphatic heterocycles. The largest absolute Gasteiger partial charge is 0.497 e. The SMILES string of the molecule is COc1ccc(-c2cc(C(=O)Nc3ccc(C(F)(F)F)cc3)c3c(C)nn(C4CCS(=O)(=O)C4)c3n2)cc1. The molecule has 0 radical (unpaired) electrons. The van der Waals surface area contributed by atoms with Gasteiger partial charge in [0.15, 0.2) is 15.5 Å². The number of anilines is 1. The van der Waals surface area contributed by atoms with E-state index in [-0.39, 0.29) is 22.8 Å². The Kier molecular flexibility index (Phi) is 6.38. The zero-order valence-electron chi connectivity index (χ0n) is 20.4. The second-order valence-electron chi connectivity index (χ2n) is 9.10. The number of ether oxygens (including phenoxy) is 1. The number of methoxy groups -OCH3 is 1. The molecule has 0 aliphatic carbocycles. The molecular weight excluding hydrogens is 521 g/mol. The third kappa shape index (κ3) is 4.95. The molecular formula is C26H23F3N4O4S. The van der Waals surface area contributed by atoms with Crippen LogP contribution in [0.15, 0.2) is 54.6 Å². The van der Waals surface area contributed by atoms with Crippen molar-refractivity contribution in [2.75, 3.05) is 23.9 Å². The van der Waals surface area contributed by atoms with E-state index in [0.717, 1.165) is 12.1 Å². The summed E-state index contributed by atoms with van der Waals surface area (Å²) in [5.41, 5.74) is 1.54. The third-order valence-corrected chi connectivity index (χ3v) is 8.24. The predicted octanol–water partition coefficient (Wildman–Crippen LogP) is 5.05. The fourth-order valence-corrected chi connectivity index (χ4v) is 6.26. The minimum Gasteiger partial charge on any atom is -0.497 e. The van der Waals surface area contributed by atoms with Crippen molar-refractivity contribution in [2.45, 2.75) is 25.6 Å². The number of aromatic nitrogens is 3. The number of hydrogen-bond acceptors (Lipinski definition) is 6. The lowest BCUT2D eigenvalue weighted by molar-refractivity contribution is -0.137. The first-order valence-electron chi connectivity index (χ1n) is 11.7. The van der Waals surface area contributed by atoms with Gasteiger partial charge in [-0.2, -0.15) is 18.3 Å². The lowest BCUT2D eigenvalue weighted by Gasteiger charge is -2.13. The van der Waals surface area contributed by atoms with Crippen LogP contribution in [-0.2, 0) is 16.0 Å². The van der Waals surface area contributed by atoms with E-state index in [1.54, 1.807) is 49.0 Å². The van der Waals surface area contributed by atoms with E-state index in [4.69, 9.17) is 9.72 Å². The molecule has 3 heterocycles. The van der Waals surface area contributed by atoms with E-state index in [1.165, 1.54) is 12.1 Å². The van der Waals surface area contributed by atoms with Crippen molar-refractivity contribution < 1.29 is 31.1 Å². The third-order valence-electron chi connectivity index (χ3n) is 6.49. The summed E-state index contributed by atoms with van der Waals surface area (Å²) in [6.07, 6.45) is -4.12. The van der Waals surface area contributed by atoms with Crippen LogP contribution < -0.4 is 10.1 Å². The molecule has 2 aromatic carbocycles. The quantitative estimate of drug-likeness (QED) is 0.377. The fraction of sp³-hybridized carbons (Fsp3) is 0.269. The molecule has 4 aromatic rings. The zero-order chi connectivity index (χ0) is 27.2. The van der Waals surface area contributed by atoms with E-state index in [1.807, 2.05) is 0 Å². The fourth-order valence-electron chi connectivity index (χ4n) is 4.57. The first-order valence-corrected chi connectivity index (χ1v) is 13.5. The molecule has 0 bridgehead atoms. The second-order valence-corrected chi connectivity index (χ2v) is 11.3. The van der Waals surface area contributed by atoms with Crippen LogP contribution in [0.2, 0.25) is 0 Å². The highest BCUT2D eigenvalue weighted by atomic mass is 32.2. The molecule has 1 saturated heterocycles. The van der Waals surface area contributed by atoms with Gasteiger partial charge in [0.05, 0.1) is 52.6 Å². The highest BCUT2D eigenvalue weighted by molar-refractivity contribution is 7.91. The molecule has 5 rings (SSSR count). The van der Waals surface area contributed by atoms with Crippen LogP contribution in [0.5, 0.6) is 5.75 Å². The molecule has 1 fully saturated rings. The number of carbonyl (C=O) groups is 1. The van der Waals surface area contributed by atoms with E-state index in [2.05, 4.69) is 10.4 Å². The van der Waals surface area contributed by atoms with Crippen LogP contribution >= 0.6 is 0 Å². The number of sulfone groups is 1. The average Bonchev–Trinajstić information content (AvgIpc) is 3.41. The summed E-state index contributed by atoms with van der Waals surface area (Å²) in [5, 5.41) is 7.65. The molecule has 198 valence electrons. The van der Waals surface area contributed by atoms with Gasteiger partial charge in [-0.1, -0.05) is 0 Å². The topological polar surface area (TPSA) is 103 Å². The van der Waals surface area contributed by atoms with Crippen LogP contribution in [0.1, 0.15) is 34.1 Å². The number of nitrogens with one attached hydrogen (secondary N) is 1. The number of pyridine rings is 1. The Morgan fingerprint density at radius 1 is 1.11 bits per heavy atom. The van der Waals surface area contributed by atoms with E-state index >= 15 is 0 Å². The van der Waals surface area contributed by atoms with Crippen LogP contribution in [0.25, 0.3) is 22.3 Å². The molecule has 2 aromatic heterocycles. The van der Waals surface area contributed by atoms with Gasteiger partial charge in [0.1, 0.15) is 5.75 Å². The number of nitrogens with zero attached hydrogens (tertiary/aromatic N) is 3. The summed E-state index contributed by atoms with van der Waals surface area (Å²) >= 11 is 0. The summed E-state index contributed by atoms with van der Waals surface area (Å²) in [5.74, 6) is 0.0307. The number of halogens is 3. The van der Waals surface area contributed by atoms with Crippen molar-refractivity contribution in [3.63, 3.8) is 0 Å². The maximum Gasteiger partial charge on any atom is 0.416 e. The number of alkyl halides is 3. The Morgan fingerprint density at radius 2 is 1.79 bits per heavy atom. The maximum absolute atomic E-state index is 13.5. The molecule has 1 amide bonds. The number of benzene rings is 2. The monoisotopic (exact) mass is 544 g/mol. The van der Waals surface area contributed by atoms with Crippen molar-refractivity contribution in [1.29, 1.82) is 0 Å². The second kappa shape index (κ2) is 9.43. The van der Waals surface area contributed by atoms with E-state index < -0.39 is 33.5 Å². The Hall–Kier alpha value is -3.93. The first-order chi connectivity index (χ1) is 17.9. The highest BCUT2D eigenvalue weighted by Crippen LogP contribution is 2.33. The van der Waals surface area contributed by atoms with Gasteiger partial charge >= 0.3 is 6.18 Å². The Balaban J connectivity index is 1.61. The van der Waals surface area contributed by atoms with Crippen molar-refractivity contribution >= 4 is 32.5 Å². The first kappa shape index (κ1) is 25.7. The molecule has 1 atom stereocenters. The van der Waals surface area contributed by atoms with Crippen LogP contribution in [0.4, 0.5) is 18.9 Å². The van der Waals surface area contributed by atoms with Crippen molar-refractivity contribution in [3.05, 3.63) is 71.4 Å². The molecule has 1 N–H and O–H groups in total.